The van der Waals surface area contributed by atoms with Crippen molar-refractivity contribution >= 4 is 40.1 Å². The highest BCUT2D eigenvalue weighted by atomic mass is 35.5. The largest absolute Gasteiger partial charge is 0.289 e. The van der Waals surface area contributed by atoms with Gasteiger partial charge in [-0.15, -0.1) is 0 Å². The summed E-state index contributed by atoms with van der Waals surface area (Å²) in [5.41, 5.74) is 2.56. The predicted molar refractivity (Wildman–Crippen MR) is 138 cm³/mol. The zero-order chi connectivity index (χ0) is 24.4. The number of rotatable bonds is 5. The highest BCUT2D eigenvalue weighted by Crippen LogP contribution is 2.29. The number of halogens is 1. The zero-order valence-electron chi connectivity index (χ0n) is 18.2. The van der Waals surface area contributed by atoms with Crippen LogP contribution in [0.3, 0.4) is 0 Å². The molecule has 4 aromatic carbocycles. The first kappa shape index (κ1) is 22.2. The van der Waals surface area contributed by atoms with Crippen LogP contribution in [0.5, 0.6) is 0 Å². The number of hydrogen-bond acceptors (Lipinski definition) is 5. The van der Waals surface area contributed by atoms with Gasteiger partial charge in [0.1, 0.15) is 10.8 Å². The number of aromatic nitrogens is 2. The van der Waals surface area contributed by atoms with Gasteiger partial charge in [0.25, 0.3) is 11.2 Å². The van der Waals surface area contributed by atoms with Gasteiger partial charge in [-0.05, 0) is 54.1 Å². The molecule has 5 rings (SSSR count). The molecule has 7 nitrogen and oxygen atoms in total. The summed E-state index contributed by atoms with van der Waals surface area (Å²) in [7, 11) is 0. The van der Waals surface area contributed by atoms with Crippen LogP contribution in [0, 0.1) is 10.1 Å². The summed E-state index contributed by atoms with van der Waals surface area (Å²) in [6, 6.07) is 28.3. The van der Waals surface area contributed by atoms with Crippen molar-refractivity contribution in [3.05, 3.63) is 128 Å². The molecule has 1 aromatic heterocycles. The first-order valence-electron chi connectivity index (χ1n) is 10.7. The molecule has 0 saturated heterocycles. The number of nitrogens with zero attached hydrogens (tertiary/aromatic N) is 4. The van der Waals surface area contributed by atoms with Crippen LogP contribution in [0.4, 0.5) is 11.4 Å². The zero-order valence-corrected chi connectivity index (χ0v) is 19.0. The summed E-state index contributed by atoms with van der Waals surface area (Å²) in [5, 5.41) is 11.9. The monoisotopic (exact) mass is 480 g/mol. The van der Waals surface area contributed by atoms with Crippen molar-refractivity contribution in [1.29, 1.82) is 0 Å². The fourth-order valence-electron chi connectivity index (χ4n) is 3.73. The number of aliphatic imine (C=N–C) groups is 1. The first-order chi connectivity index (χ1) is 17.0. The van der Waals surface area contributed by atoms with Gasteiger partial charge in [0.15, 0.2) is 0 Å². The van der Waals surface area contributed by atoms with E-state index in [4.69, 9.17) is 16.6 Å². The Balaban J connectivity index is 1.65. The van der Waals surface area contributed by atoms with Crippen LogP contribution in [-0.4, -0.2) is 20.7 Å². The lowest BCUT2D eigenvalue weighted by Gasteiger charge is -2.14. The summed E-state index contributed by atoms with van der Waals surface area (Å²) >= 11 is 6.00. The summed E-state index contributed by atoms with van der Waals surface area (Å²) < 4.78 is 1.37. The molecule has 170 valence electrons. The van der Waals surface area contributed by atoms with Gasteiger partial charge in [-0.1, -0.05) is 54.1 Å². The Morgan fingerprint density at radius 3 is 2.37 bits per heavy atom. The molecule has 8 heteroatoms. The maximum absolute atomic E-state index is 13.5. The Morgan fingerprint density at radius 1 is 0.914 bits per heavy atom. The minimum Gasteiger partial charge on any atom is -0.268 e. The van der Waals surface area contributed by atoms with E-state index in [0.29, 0.717) is 28.0 Å². The van der Waals surface area contributed by atoms with Crippen molar-refractivity contribution in [3.8, 4) is 17.1 Å². The molecule has 5 aromatic rings. The molecule has 35 heavy (non-hydrogen) atoms. The molecule has 0 bridgehead atoms. The number of fused-ring (bicyclic) bond motifs is 1. The van der Waals surface area contributed by atoms with E-state index >= 15 is 0 Å². The molecule has 0 aliphatic heterocycles. The predicted octanol–water partition coefficient (Wildman–Crippen LogP) is 6.36. The number of para-hydroxylation sites is 1. The third-order valence-electron chi connectivity index (χ3n) is 5.45. The number of hydrogen-bond donors (Lipinski definition) is 0. The van der Waals surface area contributed by atoms with E-state index < -0.39 is 4.92 Å². The second-order valence-corrected chi connectivity index (χ2v) is 8.11. The molecule has 0 aliphatic rings. The van der Waals surface area contributed by atoms with Crippen LogP contribution in [0.1, 0.15) is 5.56 Å². The van der Waals surface area contributed by atoms with Crippen LogP contribution >= 0.6 is 11.6 Å². The second kappa shape index (κ2) is 9.32. The van der Waals surface area contributed by atoms with Gasteiger partial charge >= 0.3 is 0 Å². The van der Waals surface area contributed by atoms with Crippen LogP contribution in [0.2, 0.25) is 5.02 Å². The standard InChI is InChI=1S/C27H17ClN4O3/c28-23-15-14-21(16-25(23)32(34)35)31-26(30-24-9-5-4-8-22(24)27(31)33)19-10-12-20(13-11-19)29-17-18-6-2-1-3-7-18/h1-17H. The van der Waals surface area contributed by atoms with Crippen LogP contribution in [0.15, 0.2) is 107 Å². The third kappa shape index (κ3) is 4.45. The minimum absolute atomic E-state index is 0.0114. The fraction of sp³-hybridized carbons (Fsp3) is 0. The van der Waals surface area contributed by atoms with Gasteiger partial charge < -0.3 is 0 Å². The Bertz CT molecular complexity index is 1650. The van der Waals surface area contributed by atoms with Gasteiger partial charge in [-0.3, -0.25) is 24.5 Å². The topological polar surface area (TPSA) is 90.4 Å². The van der Waals surface area contributed by atoms with Crippen molar-refractivity contribution in [1.82, 2.24) is 9.55 Å². The van der Waals surface area contributed by atoms with Crippen LogP contribution in [0.25, 0.3) is 28.0 Å². The molecule has 0 unspecified atom stereocenters. The quantitative estimate of drug-likeness (QED) is 0.166. The lowest BCUT2D eigenvalue weighted by molar-refractivity contribution is -0.384. The van der Waals surface area contributed by atoms with Crippen molar-refractivity contribution in [2.24, 2.45) is 4.99 Å². The SMILES string of the molecule is O=c1c2ccccc2nc(-c2ccc(N=Cc3ccccc3)cc2)n1-c1ccc(Cl)c([N+](=O)[O-])c1. The van der Waals surface area contributed by atoms with Crippen molar-refractivity contribution < 1.29 is 4.92 Å². The first-order valence-corrected chi connectivity index (χ1v) is 11.0. The van der Waals surface area contributed by atoms with Crippen molar-refractivity contribution in [2.45, 2.75) is 0 Å². The second-order valence-electron chi connectivity index (χ2n) is 7.70. The van der Waals surface area contributed by atoms with Crippen LogP contribution < -0.4 is 5.56 Å². The number of nitro groups is 1. The third-order valence-corrected chi connectivity index (χ3v) is 5.77. The molecule has 0 fully saturated rings. The molecule has 0 amide bonds. The highest BCUT2D eigenvalue weighted by Gasteiger charge is 2.19. The molecule has 0 spiro atoms. The molecule has 1 heterocycles. The number of nitro benzene ring substituents is 1. The van der Waals surface area contributed by atoms with E-state index in [1.165, 1.54) is 16.7 Å². The number of benzene rings is 4. The van der Waals surface area contributed by atoms with E-state index in [2.05, 4.69) is 4.99 Å². The average Bonchev–Trinajstić information content (AvgIpc) is 2.89. The van der Waals surface area contributed by atoms with E-state index in [1.807, 2.05) is 54.6 Å². The molecule has 0 N–H and O–H groups in total. The Morgan fingerprint density at radius 2 is 1.63 bits per heavy atom. The Labute approximate surface area is 204 Å². The van der Waals surface area contributed by atoms with E-state index in [0.717, 1.165) is 11.3 Å². The van der Waals surface area contributed by atoms with E-state index in [9.17, 15) is 14.9 Å². The maximum Gasteiger partial charge on any atom is 0.289 e. The Hall–Kier alpha value is -4.62. The fourth-order valence-corrected chi connectivity index (χ4v) is 3.92. The highest BCUT2D eigenvalue weighted by molar-refractivity contribution is 6.32. The smallest absolute Gasteiger partial charge is 0.268 e. The lowest BCUT2D eigenvalue weighted by atomic mass is 10.1. The van der Waals surface area contributed by atoms with E-state index in [1.54, 1.807) is 36.5 Å². The van der Waals surface area contributed by atoms with Gasteiger partial charge in [-0.2, -0.15) is 0 Å². The minimum atomic E-state index is -0.579. The van der Waals surface area contributed by atoms with Crippen molar-refractivity contribution in [2.75, 3.05) is 0 Å². The van der Waals surface area contributed by atoms with Crippen molar-refractivity contribution in [3.63, 3.8) is 0 Å². The Kier molecular flexibility index (Phi) is 5.91. The molecule has 0 aliphatic carbocycles. The maximum atomic E-state index is 13.5. The molecule has 0 saturated carbocycles. The lowest BCUT2D eigenvalue weighted by Crippen LogP contribution is -2.22. The van der Waals surface area contributed by atoms with Gasteiger partial charge in [-0.25, -0.2) is 4.98 Å². The van der Waals surface area contributed by atoms with Gasteiger partial charge in [0.05, 0.1) is 27.2 Å². The average molecular weight is 481 g/mol. The summed E-state index contributed by atoms with van der Waals surface area (Å²) in [4.78, 5) is 33.6. The summed E-state index contributed by atoms with van der Waals surface area (Å²) in [6.07, 6.45) is 1.77. The normalized spacial score (nSPS) is 11.2. The molecule has 0 atom stereocenters. The van der Waals surface area contributed by atoms with E-state index in [-0.39, 0.29) is 16.3 Å². The van der Waals surface area contributed by atoms with Crippen LogP contribution in [-0.2, 0) is 0 Å². The summed E-state index contributed by atoms with van der Waals surface area (Å²) in [5.74, 6) is 0.351. The molecular weight excluding hydrogens is 464 g/mol. The molecular formula is C27H17ClN4O3. The summed E-state index contributed by atoms with van der Waals surface area (Å²) in [6.45, 7) is 0. The van der Waals surface area contributed by atoms with Gasteiger partial charge in [0.2, 0.25) is 0 Å². The molecule has 0 radical (unpaired) electrons. The van der Waals surface area contributed by atoms with Gasteiger partial charge in [0, 0.05) is 17.8 Å².